The van der Waals surface area contributed by atoms with Crippen LogP contribution in [0.5, 0.6) is 0 Å². The molecule has 2 atom stereocenters. The molecule has 16 heavy (non-hydrogen) atoms. The lowest BCUT2D eigenvalue weighted by molar-refractivity contribution is 0.0630. The van der Waals surface area contributed by atoms with Crippen molar-refractivity contribution in [3.05, 3.63) is 0 Å². The largest absolute Gasteiger partial charge is 0.393 e. The van der Waals surface area contributed by atoms with Crippen molar-refractivity contribution in [3.63, 3.8) is 0 Å². The molecule has 0 aromatic heterocycles. The Bertz CT molecular complexity index is 261. The summed E-state index contributed by atoms with van der Waals surface area (Å²) in [5.41, 5.74) is 0. The highest BCUT2D eigenvalue weighted by atomic mass is 32.2. The molecule has 0 bridgehead atoms. The van der Waals surface area contributed by atoms with Gasteiger partial charge in [-0.2, -0.15) is 8.42 Å². The third-order valence-corrected chi connectivity index (χ3v) is 3.12. The zero-order valence-corrected chi connectivity index (χ0v) is 11.3. The lowest BCUT2D eigenvalue weighted by atomic mass is 9.94. The van der Waals surface area contributed by atoms with Crippen LogP contribution in [0.3, 0.4) is 0 Å². The van der Waals surface area contributed by atoms with E-state index >= 15 is 0 Å². The van der Waals surface area contributed by atoms with E-state index in [1.165, 1.54) is 0 Å². The van der Waals surface area contributed by atoms with E-state index in [9.17, 15) is 13.5 Å². The Labute approximate surface area is 99.1 Å². The van der Waals surface area contributed by atoms with E-state index in [2.05, 4.69) is 6.92 Å². The fraction of sp³-hybridized carbons (Fsp3) is 1.00. The Morgan fingerprint density at radius 2 is 1.81 bits per heavy atom. The topological polar surface area (TPSA) is 63.6 Å². The molecule has 0 aliphatic heterocycles. The van der Waals surface area contributed by atoms with Gasteiger partial charge in [-0.25, -0.2) is 0 Å². The van der Waals surface area contributed by atoms with E-state index in [0.29, 0.717) is 6.42 Å². The summed E-state index contributed by atoms with van der Waals surface area (Å²) in [4.78, 5) is 0. The van der Waals surface area contributed by atoms with Gasteiger partial charge in [-0.3, -0.25) is 4.18 Å². The fourth-order valence-corrected chi connectivity index (χ4v) is 2.04. The average molecular weight is 252 g/mol. The molecule has 0 unspecified atom stereocenters. The Kier molecular flexibility index (Phi) is 7.97. The Hall–Kier alpha value is -0.130. The molecule has 0 aliphatic rings. The van der Waals surface area contributed by atoms with Crippen molar-refractivity contribution in [2.75, 3.05) is 12.9 Å². The second kappa shape index (κ2) is 8.03. The van der Waals surface area contributed by atoms with E-state index in [1.54, 1.807) is 0 Å². The molecule has 0 rings (SSSR count). The number of unbranched alkanes of at least 4 members (excludes halogenated alkanes) is 1. The van der Waals surface area contributed by atoms with Crippen LogP contribution in [0.15, 0.2) is 0 Å². The second-order valence-corrected chi connectivity index (χ2v) is 5.89. The van der Waals surface area contributed by atoms with E-state index in [0.717, 1.165) is 31.9 Å². The summed E-state index contributed by atoms with van der Waals surface area (Å²) < 4.78 is 26.5. The fourth-order valence-electron chi connectivity index (χ4n) is 1.62. The molecule has 4 nitrogen and oxygen atoms in total. The highest BCUT2D eigenvalue weighted by Gasteiger charge is 2.20. The third kappa shape index (κ3) is 8.07. The van der Waals surface area contributed by atoms with Gasteiger partial charge in [0.05, 0.1) is 19.0 Å². The maximum absolute atomic E-state index is 10.9. The number of aliphatic hydroxyl groups excluding tert-OH is 1. The first-order valence-corrected chi connectivity index (χ1v) is 7.74. The molecule has 0 radical (unpaired) electrons. The van der Waals surface area contributed by atoms with Gasteiger partial charge in [0, 0.05) is 5.92 Å². The smallest absolute Gasteiger partial charge is 0.264 e. The molecule has 5 heteroatoms. The first-order chi connectivity index (χ1) is 7.40. The van der Waals surface area contributed by atoms with Crippen LogP contribution in [0.2, 0.25) is 0 Å². The lowest BCUT2D eigenvalue weighted by Gasteiger charge is -2.21. The number of aliphatic hydroxyl groups is 1. The Morgan fingerprint density at radius 1 is 1.19 bits per heavy atom. The monoisotopic (exact) mass is 252 g/mol. The SMILES string of the molecule is CCCC[C@@H](O)[C@H](CCC)COS(C)(=O)=O. The highest BCUT2D eigenvalue weighted by Crippen LogP contribution is 2.17. The minimum absolute atomic E-state index is 0.0775. The van der Waals surface area contributed by atoms with Gasteiger partial charge in [-0.05, 0) is 12.8 Å². The number of rotatable bonds is 9. The minimum Gasteiger partial charge on any atom is -0.393 e. The van der Waals surface area contributed by atoms with Crippen LogP contribution in [-0.2, 0) is 14.3 Å². The molecule has 1 N–H and O–H groups in total. The summed E-state index contributed by atoms with van der Waals surface area (Å²) in [6.45, 7) is 4.17. The van der Waals surface area contributed by atoms with Gasteiger partial charge >= 0.3 is 0 Å². The summed E-state index contributed by atoms with van der Waals surface area (Å²) in [5, 5.41) is 9.89. The normalized spacial score (nSPS) is 16.0. The Balaban J connectivity index is 4.14. The summed E-state index contributed by atoms with van der Waals surface area (Å²) in [6, 6.07) is 0. The lowest BCUT2D eigenvalue weighted by Crippen LogP contribution is -2.26. The summed E-state index contributed by atoms with van der Waals surface area (Å²) in [7, 11) is -3.40. The van der Waals surface area contributed by atoms with Crippen LogP contribution in [0.4, 0.5) is 0 Å². The molecule has 0 spiro atoms. The molecule has 0 heterocycles. The van der Waals surface area contributed by atoms with E-state index in [-0.39, 0.29) is 12.5 Å². The molecule has 98 valence electrons. The van der Waals surface area contributed by atoms with Gasteiger partial charge in [0.1, 0.15) is 0 Å². The molecule has 0 amide bonds. The third-order valence-electron chi connectivity index (χ3n) is 2.55. The minimum atomic E-state index is -3.40. The average Bonchev–Trinajstić information content (AvgIpc) is 2.19. The highest BCUT2D eigenvalue weighted by molar-refractivity contribution is 7.85. The first kappa shape index (κ1) is 15.9. The van der Waals surface area contributed by atoms with Gasteiger partial charge in [-0.15, -0.1) is 0 Å². The van der Waals surface area contributed by atoms with Gasteiger partial charge in [0.25, 0.3) is 10.1 Å². The molecular formula is C11H24O4S. The summed E-state index contributed by atoms with van der Waals surface area (Å²) in [5.74, 6) is -0.0775. The molecule has 0 saturated carbocycles. The molecule has 0 aromatic rings. The van der Waals surface area contributed by atoms with Gasteiger partial charge in [0.15, 0.2) is 0 Å². The van der Waals surface area contributed by atoms with Gasteiger partial charge in [-0.1, -0.05) is 33.1 Å². The van der Waals surface area contributed by atoms with Crippen molar-refractivity contribution in [2.45, 2.75) is 52.1 Å². The maximum atomic E-state index is 10.9. The van der Waals surface area contributed by atoms with Crippen LogP contribution in [0, 0.1) is 5.92 Å². The van der Waals surface area contributed by atoms with Crippen molar-refractivity contribution in [1.29, 1.82) is 0 Å². The van der Waals surface area contributed by atoms with Crippen molar-refractivity contribution < 1.29 is 17.7 Å². The van der Waals surface area contributed by atoms with E-state index < -0.39 is 16.2 Å². The molecule has 0 saturated heterocycles. The van der Waals surface area contributed by atoms with Crippen LogP contribution in [0.25, 0.3) is 0 Å². The summed E-state index contributed by atoms with van der Waals surface area (Å²) >= 11 is 0. The standard InChI is InChI=1S/C11H24O4S/c1-4-6-8-11(12)10(7-5-2)9-15-16(3,13)14/h10-12H,4-9H2,1-3H3/t10-,11-/m1/s1. The van der Waals surface area contributed by atoms with Gasteiger partial charge in [0.2, 0.25) is 0 Å². The quantitative estimate of drug-likeness (QED) is 0.637. The number of hydrogen-bond acceptors (Lipinski definition) is 4. The zero-order valence-electron chi connectivity index (χ0n) is 10.5. The van der Waals surface area contributed by atoms with Crippen molar-refractivity contribution in [2.24, 2.45) is 5.92 Å². The van der Waals surface area contributed by atoms with Crippen LogP contribution < -0.4 is 0 Å². The molecule has 0 aromatic carbocycles. The zero-order chi connectivity index (χ0) is 12.6. The summed E-state index contributed by atoms with van der Waals surface area (Å²) in [6.07, 6.45) is 4.99. The second-order valence-electron chi connectivity index (χ2n) is 4.25. The number of hydrogen-bond donors (Lipinski definition) is 1. The first-order valence-electron chi connectivity index (χ1n) is 5.93. The molecule has 0 aliphatic carbocycles. The van der Waals surface area contributed by atoms with E-state index in [1.807, 2.05) is 6.92 Å². The van der Waals surface area contributed by atoms with Crippen LogP contribution in [0.1, 0.15) is 46.0 Å². The maximum Gasteiger partial charge on any atom is 0.264 e. The predicted molar refractivity (Wildman–Crippen MR) is 64.7 cm³/mol. The molecular weight excluding hydrogens is 228 g/mol. The van der Waals surface area contributed by atoms with Crippen molar-refractivity contribution >= 4 is 10.1 Å². The predicted octanol–water partition coefficient (Wildman–Crippen LogP) is 1.93. The van der Waals surface area contributed by atoms with Gasteiger partial charge < -0.3 is 5.11 Å². The van der Waals surface area contributed by atoms with Crippen molar-refractivity contribution in [1.82, 2.24) is 0 Å². The van der Waals surface area contributed by atoms with Crippen LogP contribution in [-0.4, -0.2) is 32.5 Å². The molecule has 0 fully saturated rings. The van der Waals surface area contributed by atoms with E-state index in [4.69, 9.17) is 4.18 Å². The van der Waals surface area contributed by atoms with Crippen LogP contribution >= 0.6 is 0 Å². The van der Waals surface area contributed by atoms with Crippen molar-refractivity contribution in [3.8, 4) is 0 Å². The Morgan fingerprint density at radius 3 is 2.25 bits per heavy atom.